The second-order valence-corrected chi connectivity index (χ2v) is 6.77. The maximum Gasteiger partial charge on any atom is 0.193 e. The standard InChI is InChI=1S/2C13H9FO2/c2*14-11-5-1-9(2-6-11)13(16)10-3-7-12(15)8-4-10/h2*1-8,15H. The highest BCUT2D eigenvalue weighted by molar-refractivity contribution is 6.09. The molecule has 0 aliphatic rings. The maximum absolute atomic E-state index is 12.7. The van der Waals surface area contributed by atoms with Crippen molar-refractivity contribution in [3.05, 3.63) is 131 Å². The zero-order valence-corrected chi connectivity index (χ0v) is 16.7. The number of carbonyl (C=O) groups excluding carboxylic acids is 2. The van der Waals surface area contributed by atoms with Crippen molar-refractivity contribution in [1.29, 1.82) is 0 Å². The van der Waals surface area contributed by atoms with Gasteiger partial charge in [0.1, 0.15) is 23.1 Å². The van der Waals surface area contributed by atoms with Gasteiger partial charge in [-0.25, -0.2) is 8.78 Å². The van der Waals surface area contributed by atoms with E-state index in [0.29, 0.717) is 22.3 Å². The minimum atomic E-state index is -0.373. The Kier molecular flexibility index (Phi) is 7.08. The van der Waals surface area contributed by atoms with Gasteiger partial charge in [0.05, 0.1) is 0 Å². The molecule has 0 aliphatic heterocycles. The van der Waals surface area contributed by atoms with Crippen LogP contribution in [0.1, 0.15) is 31.8 Å². The number of benzene rings is 4. The molecule has 32 heavy (non-hydrogen) atoms. The van der Waals surface area contributed by atoms with E-state index in [0.717, 1.165) is 0 Å². The lowest BCUT2D eigenvalue weighted by atomic mass is 10.0. The predicted octanol–water partition coefficient (Wildman–Crippen LogP) is 5.52. The van der Waals surface area contributed by atoms with Gasteiger partial charge in [-0.15, -0.1) is 0 Å². The lowest BCUT2D eigenvalue weighted by molar-refractivity contribution is 0.103. The van der Waals surface area contributed by atoms with Crippen LogP contribution < -0.4 is 0 Å². The molecule has 0 unspecified atom stereocenters. The molecule has 0 aliphatic carbocycles. The van der Waals surface area contributed by atoms with E-state index in [1.165, 1.54) is 97.1 Å². The number of phenols is 2. The summed E-state index contributed by atoms with van der Waals surface area (Å²) in [5.74, 6) is -0.921. The first-order valence-corrected chi connectivity index (χ1v) is 9.52. The van der Waals surface area contributed by atoms with Gasteiger partial charge in [-0.1, -0.05) is 0 Å². The molecular formula is C26H18F2O4. The van der Waals surface area contributed by atoms with Crippen LogP contribution in [0.5, 0.6) is 11.5 Å². The van der Waals surface area contributed by atoms with E-state index in [1.807, 2.05) is 0 Å². The molecule has 0 saturated carbocycles. The van der Waals surface area contributed by atoms with Gasteiger partial charge in [0.15, 0.2) is 11.6 Å². The molecule has 0 aromatic heterocycles. The summed E-state index contributed by atoms with van der Waals surface area (Å²) in [7, 11) is 0. The van der Waals surface area contributed by atoms with Crippen molar-refractivity contribution < 1.29 is 28.6 Å². The minimum absolute atomic E-state index is 0.107. The molecule has 160 valence electrons. The summed E-state index contributed by atoms with van der Waals surface area (Å²) in [4.78, 5) is 23.7. The Morgan fingerprint density at radius 2 is 0.656 bits per heavy atom. The fourth-order valence-electron chi connectivity index (χ4n) is 2.76. The summed E-state index contributed by atoms with van der Waals surface area (Å²) in [6.07, 6.45) is 0. The number of carbonyl (C=O) groups is 2. The number of rotatable bonds is 4. The van der Waals surface area contributed by atoms with E-state index in [9.17, 15) is 18.4 Å². The topological polar surface area (TPSA) is 74.6 Å². The van der Waals surface area contributed by atoms with Gasteiger partial charge in [-0.3, -0.25) is 9.59 Å². The molecule has 6 heteroatoms. The Labute approximate surface area is 183 Å². The predicted molar refractivity (Wildman–Crippen MR) is 116 cm³/mol. The van der Waals surface area contributed by atoms with Gasteiger partial charge >= 0.3 is 0 Å². The van der Waals surface area contributed by atoms with Crippen LogP contribution in [0.4, 0.5) is 8.78 Å². The maximum atomic E-state index is 12.7. The van der Waals surface area contributed by atoms with Crippen LogP contribution >= 0.6 is 0 Å². The molecule has 0 saturated heterocycles. The van der Waals surface area contributed by atoms with Crippen LogP contribution in [0.2, 0.25) is 0 Å². The minimum Gasteiger partial charge on any atom is -0.508 e. The number of hydrogen-bond donors (Lipinski definition) is 2. The van der Waals surface area contributed by atoms with E-state index >= 15 is 0 Å². The van der Waals surface area contributed by atoms with Crippen molar-refractivity contribution in [2.75, 3.05) is 0 Å². The van der Waals surface area contributed by atoms with Crippen molar-refractivity contribution in [3.8, 4) is 11.5 Å². The Morgan fingerprint density at radius 1 is 0.438 bits per heavy atom. The van der Waals surface area contributed by atoms with E-state index < -0.39 is 0 Å². The van der Waals surface area contributed by atoms with Gasteiger partial charge in [0.2, 0.25) is 0 Å². The number of halogens is 2. The van der Waals surface area contributed by atoms with Crippen LogP contribution in [0, 0.1) is 11.6 Å². The molecule has 4 nitrogen and oxygen atoms in total. The number of aromatic hydroxyl groups is 2. The Morgan fingerprint density at radius 3 is 0.906 bits per heavy atom. The number of ketones is 2. The molecule has 0 bridgehead atoms. The highest BCUT2D eigenvalue weighted by Crippen LogP contribution is 2.15. The quantitative estimate of drug-likeness (QED) is 0.416. The first kappa shape index (κ1) is 22.4. The molecule has 0 amide bonds. The molecule has 4 aromatic carbocycles. The summed E-state index contributed by atoms with van der Waals surface area (Å²) in [6.45, 7) is 0. The smallest absolute Gasteiger partial charge is 0.193 e. The fourth-order valence-corrected chi connectivity index (χ4v) is 2.76. The van der Waals surface area contributed by atoms with E-state index in [2.05, 4.69) is 0 Å². The first-order chi connectivity index (χ1) is 15.3. The van der Waals surface area contributed by atoms with Crippen LogP contribution in [0.15, 0.2) is 97.1 Å². The lowest BCUT2D eigenvalue weighted by Gasteiger charge is -2.01. The highest BCUT2D eigenvalue weighted by Gasteiger charge is 2.09. The average Bonchev–Trinajstić information content (AvgIpc) is 2.81. The Balaban J connectivity index is 0.000000181. The van der Waals surface area contributed by atoms with Crippen LogP contribution in [-0.2, 0) is 0 Å². The SMILES string of the molecule is O=C(c1ccc(O)cc1)c1ccc(F)cc1.O=C(c1ccc(O)cc1)c1ccc(F)cc1. The van der Waals surface area contributed by atoms with Crippen LogP contribution in [0.3, 0.4) is 0 Å². The summed E-state index contributed by atoms with van der Waals surface area (Å²) >= 11 is 0. The van der Waals surface area contributed by atoms with Gasteiger partial charge < -0.3 is 10.2 Å². The summed E-state index contributed by atoms with van der Waals surface area (Å²) < 4.78 is 25.3. The molecule has 0 atom stereocenters. The molecule has 0 heterocycles. The van der Waals surface area contributed by atoms with Gasteiger partial charge in [0, 0.05) is 22.3 Å². The van der Waals surface area contributed by atoms with Crippen molar-refractivity contribution in [3.63, 3.8) is 0 Å². The molecule has 4 rings (SSSR count). The summed E-state index contributed by atoms with van der Waals surface area (Å²) in [6, 6.07) is 22.6. The van der Waals surface area contributed by atoms with E-state index in [-0.39, 0.29) is 34.7 Å². The molecular weight excluding hydrogens is 414 g/mol. The normalized spacial score (nSPS) is 10.1. The second-order valence-electron chi connectivity index (χ2n) is 6.77. The third-order valence-electron chi connectivity index (χ3n) is 4.47. The Bertz CT molecular complexity index is 1000. The molecule has 0 spiro atoms. The highest BCUT2D eigenvalue weighted by atomic mass is 19.1. The molecule has 0 radical (unpaired) electrons. The van der Waals surface area contributed by atoms with Gasteiger partial charge in [-0.2, -0.15) is 0 Å². The van der Waals surface area contributed by atoms with Gasteiger partial charge in [0.25, 0.3) is 0 Å². The molecule has 4 aromatic rings. The number of hydrogen-bond acceptors (Lipinski definition) is 4. The van der Waals surface area contributed by atoms with Crippen molar-refractivity contribution in [2.24, 2.45) is 0 Å². The van der Waals surface area contributed by atoms with E-state index in [4.69, 9.17) is 10.2 Å². The van der Waals surface area contributed by atoms with Crippen molar-refractivity contribution in [2.45, 2.75) is 0 Å². The lowest BCUT2D eigenvalue weighted by Crippen LogP contribution is -2.00. The zero-order chi connectivity index (χ0) is 23.1. The van der Waals surface area contributed by atoms with Gasteiger partial charge in [-0.05, 0) is 97.1 Å². The third-order valence-corrected chi connectivity index (χ3v) is 4.47. The third kappa shape index (κ3) is 5.86. The Hall–Kier alpha value is -4.32. The fraction of sp³-hybridized carbons (Fsp3) is 0. The van der Waals surface area contributed by atoms with Crippen LogP contribution in [0.25, 0.3) is 0 Å². The zero-order valence-electron chi connectivity index (χ0n) is 16.7. The van der Waals surface area contributed by atoms with Crippen molar-refractivity contribution >= 4 is 11.6 Å². The summed E-state index contributed by atoms with van der Waals surface area (Å²) in [5.41, 5.74) is 1.77. The number of phenolic OH excluding ortho intramolecular Hbond substituents is 2. The monoisotopic (exact) mass is 432 g/mol. The second kappa shape index (κ2) is 10.1. The van der Waals surface area contributed by atoms with Crippen molar-refractivity contribution in [1.82, 2.24) is 0 Å². The first-order valence-electron chi connectivity index (χ1n) is 9.52. The van der Waals surface area contributed by atoms with Crippen LogP contribution in [-0.4, -0.2) is 21.8 Å². The largest absolute Gasteiger partial charge is 0.508 e. The summed E-state index contributed by atoms with van der Waals surface area (Å²) in [5, 5.41) is 18.2. The molecule has 2 N–H and O–H groups in total. The molecule has 0 fully saturated rings. The average molecular weight is 432 g/mol. The van der Waals surface area contributed by atoms with E-state index in [1.54, 1.807) is 0 Å².